The van der Waals surface area contributed by atoms with Crippen molar-refractivity contribution in [1.29, 1.82) is 0 Å². The molecule has 0 fully saturated rings. The van der Waals surface area contributed by atoms with Gasteiger partial charge in [-0.2, -0.15) is 0 Å². The summed E-state index contributed by atoms with van der Waals surface area (Å²) in [6, 6.07) is 18.2. The molecule has 1 aromatic heterocycles. The van der Waals surface area contributed by atoms with Crippen molar-refractivity contribution in [2.45, 2.75) is 20.8 Å². The van der Waals surface area contributed by atoms with Gasteiger partial charge in [0.05, 0.1) is 11.4 Å². The second-order valence-corrected chi connectivity index (χ2v) is 7.49. The first-order chi connectivity index (χ1) is 14.8. The molecule has 0 unspecified atom stereocenters. The van der Waals surface area contributed by atoms with Crippen LogP contribution in [0.3, 0.4) is 0 Å². The molecule has 0 bridgehead atoms. The van der Waals surface area contributed by atoms with E-state index in [0.29, 0.717) is 16.9 Å². The molecule has 0 spiro atoms. The van der Waals surface area contributed by atoms with Crippen molar-refractivity contribution in [2.24, 2.45) is 10.2 Å². The molecule has 4 rings (SSSR count). The molecule has 0 aliphatic carbocycles. The predicted molar refractivity (Wildman–Crippen MR) is 123 cm³/mol. The van der Waals surface area contributed by atoms with E-state index in [-0.39, 0.29) is 22.7 Å². The highest BCUT2D eigenvalue weighted by atomic mass is 16.3. The highest BCUT2D eigenvalue weighted by molar-refractivity contribution is 5.77. The zero-order chi connectivity index (χ0) is 22.1. The van der Waals surface area contributed by atoms with Crippen LogP contribution in [0, 0.1) is 20.8 Å². The van der Waals surface area contributed by atoms with E-state index in [4.69, 9.17) is 5.73 Å². The molecule has 0 aliphatic heterocycles. The van der Waals surface area contributed by atoms with E-state index < -0.39 is 0 Å². The summed E-state index contributed by atoms with van der Waals surface area (Å²) in [6.07, 6.45) is 0. The Morgan fingerprint density at radius 1 is 0.935 bits per heavy atom. The van der Waals surface area contributed by atoms with Gasteiger partial charge in [-0.1, -0.05) is 30.3 Å². The van der Waals surface area contributed by atoms with E-state index in [2.05, 4.69) is 15.3 Å². The number of benzene rings is 3. The summed E-state index contributed by atoms with van der Waals surface area (Å²) in [7, 11) is 0. The topological polar surface area (TPSA) is 109 Å². The van der Waals surface area contributed by atoms with E-state index in [1.807, 2.05) is 44.2 Å². The molecule has 0 saturated carbocycles. The number of aryl methyl sites for hydroxylation is 3. The van der Waals surface area contributed by atoms with E-state index in [1.165, 1.54) is 4.68 Å². The van der Waals surface area contributed by atoms with E-state index in [0.717, 1.165) is 22.4 Å². The molecule has 31 heavy (non-hydrogen) atoms. The number of H-pyrrole nitrogens is 1. The first kappa shape index (κ1) is 20.2. The number of nitrogens with two attached hydrogens (primary N) is 1. The van der Waals surface area contributed by atoms with Crippen LogP contribution in [0.15, 0.2) is 75.7 Å². The molecule has 3 aromatic carbocycles. The molecule has 4 N–H and O–H groups in total. The summed E-state index contributed by atoms with van der Waals surface area (Å²) >= 11 is 0. The average Bonchev–Trinajstić information content (AvgIpc) is 3.03. The quantitative estimate of drug-likeness (QED) is 0.305. The molecular weight excluding hydrogens is 390 g/mol. The molecule has 0 aliphatic rings. The summed E-state index contributed by atoms with van der Waals surface area (Å²) in [6.45, 7) is 5.78. The lowest BCUT2D eigenvalue weighted by Crippen LogP contribution is -2.14. The van der Waals surface area contributed by atoms with Crippen LogP contribution in [0.2, 0.25) is 0 Å². The Labute approximate surface area is 179 Å². The highest BCUT2D eigenvalue weighted by Crippen LogP contribution is 2.38. The van der Waals surface area contributed by atoms with Crippen LogP contribution in [0.4, 0.5) is 17.1 Å². The van der Waals surface area contributed by atoms with Crippen molar-refractivity contribution in [3.8, 4) is 22.6 Å². The maximum absolute atomic E-state index is 12.9. The molecule has 0 amide bonds. The number of phenolic OH excluding ortho intramolecular Hbond substituents is 1. The van der Waals surface area contributed by atoms with Crippen LogP contribution in [0.5, 0.6) is 5.75 Å². The number of phenols is 1. The van der Waals surface area contributed by atoms with Gasteiger partial charge in [-0.05, 0) is 67.8 Å². The van der Waals surface area contributed by atoms with Gasteiger partial charge in [0, 0.05) is 11.3 Å². The standard InChI is InChI=1S/C24H23N5O2/c1-14-10-11-19(12-15(14)2)29-24(31)22(16(3)28-29)27-26-21-9-5-8-20(23(21)30)17-6-4-7-18(25)13-17/h4-13,28,30H,25H2,1-3H3. The number of aromatic hydroxyl groups is 1. The number of aromatic nitrogens is 2. The van der Waals surface area contributed by atoms with Crippen molar-refractivity contribution >= 4 is 17.1 Å². The first-order valence-corrected chi connectivity index (χ1v) is 9.84. The van der Waals surface area contributed by atoms with E-state index >= 15 is 0 Å². The van der Waals surface area contributed by atoms with Gasteiger partial charge >= 0.3 is 0 Å². The Morgan fingerprint density at radius 2 is 1.71 bits per heavy atom. The van der Waals surface area contributed by atoms with Gasteiger partial charge in [0.25, 0.3) is 5.56 Å². The lowest BCUT2D eigenvalue weighted by Gasteiger charge is -2.07. The van der Waals surface area contributed by atoms with Crippen LogP contribution >= 0.6 is 0 Å². The Kier molecular flexibility index (Phi) is 5.17. The van der Waals surface area contributed by atoms with Crippen molar-refractivity contribution in [1.82, 2.24) is 9.78 Å². The summed E-state index contributed by atoms with van der Waals surface area (Å²) in [5.41, 5.74) is 11.5. The number of hydrogen-bond donors (Lipinski definition) is 3. The van der Waals surface area contributed by atoms with Gasteiger partial charge in [0.2, 0.25) is 0 Å². The van der Waals surface area contributed by atoms with Crippen LogP contribution in [-0.2, 0) is 0 Å². The number of rotatable bonds is 4. The third-order valence-corrected chi connectivity index (χ3v) is 5.26. The second kappa shape index (κ2) is 7.95. The van der Waals surface area contributed by atoms with Crippen LogP contribution in [0.1, 0.15) is 16.8 Å². The fraction of sp³-hybridized carbons (Fsp3) is 0.125. The number of aromatic amines is 1. The molecule has 7 nitrogen and oxygen atoms in total. The minimum absolute atomic E-state index is 0.0282. The molecule has 0 saturated heterocycles. The normalized spacial score (nSPS) is 11.3. The van der Waals surface area contributed by atoms with Crippen LogP contribution < -0.4 is 11.3 Å². The number of azo groups is 1. The molecule has 0 radical (unpaired) electrons. The van der Waals surface area contributed by atoms with Gasteiger partial charge in [0.15, 0.2) is 11.4 Å². The van der Waals surface area contributed by atoms with E-state index in [9.17, 15) is 9.90 Å². The largest absolute Gasteiger partial charge is 0.505 e. The number of nitrogens with zero attached hydrogens (tertiary/aromatic N) is 3. The zero-order valence-corrected chi connectivity index (χ0v) is 17.5. The summed E-state index contributed by atoms with van der Waals surface area (Å²) in [5.74, 6) is -0.0282. The summed E-state index contributed by atoms with van der Waals surface area (Å²) in [5, 5.41) is 22.1. The predicted octanol–water partition coefficient (Wildman–Crippen LogP) is 5.46. The fourth-order valence-electron chi connectivity index (χ4n) is 3.36. The molecule has 156 valence electrons. The third-order valence-electron chi connectivity index (χ3n) is 5.26. The van der Waals surface area contributed by atoms with Crippen molar-refractivity contribution < 1.29 is 5.11 Å². The first-order valence-electron chi connectivity index (χ1n) is 9.84. The van der Waals surface area contributed by atoms with E-state index in [1.54, 1.807) is 37.3 Å². The van der Waals surface area contributed by atoms with Gasteiger partial charge in [-0.3, -0.25) is 9.89 Å². The zero-order valence-electron chi connectivity index (χ0n) is 17.5. The number of nitrogen functional groups attached to an aromatic ring is 1. The lowest BCUT2D eigenvalue weighted by atomic mass is 10.0. The SMILES string of the molecule is Cc1ccc(-n2[nH]c(C)c(N=Nc3cccc(-c4cccc(N)c4)c3O)c2=O)cc1C. The minimum atomic E-state index is -0.309. The number of hydrogen-bond acceptors (Lipinski definition) is 5. The average molecular weight is 413 g/mol. The van der Waals surface area contributed by atoms with Crippen molar-refractivity contribution in [3.05, 3.63) is 87.8 Å². The van der Waals surface area contributed by atoms with Crippen LogP contribution in [0.25, 0.3) is 16.8 Å². The van der Waals surface area contributed by atoms with Gasteiger partial charge in [-0.15, -0.1) is 10.2 Å². The lowest BCUT2D eigenvalue weighted by molar-refractivity contribution is 0.478. The Hall–Kier alpha value is -4.13. The van der Waals surface area contributed by atoms with Crippen molar-refractivity contribution in [2.75, 3.05) is 5.73 Å². The summed E-state index contributed by atoms with van der Waals surface area (Å²) in [4.78, 5) is 12.9. The monoisotopic (exact) mass is 413 g/mol. The molecular formula is C24H23N5O2. The third kappa shape index (κ3) is 3.85. The van der Waals surface area contributed by atoms with Gasteiger partial charge in [0.1, 0.15) is 5.69 Å². The molecule has 0 atom stereocenters. The van der Waals surface area contributed by atoms with Crippen molar-refractivity contribution in [3.63, 3.8) is 0 Å². The maximum Gasteiger partial charge on any atom is 0.299 e. The fourth-order valence-corrected chi connectivity index (χ4v) is 3.36. The molecule has 1 heterocycles. The molecule has 4 aromatic rings. The smallest absolute Gasteiger partial charge is 0.299 e. The molecule has 7 heteroatoms. The Bertz CT molecular complexity index is 1360. The van der Waals surface area contributed by atoms with Gasteiger partial charge < -0.3 is 10.8 Å². The highest BCUT2D eigenvalue weighted by Gasteiger charge is 2.14. The maximum atomic E-state index is 12.9. The summed E-state index contributed by atoms with van der Waals surface area (Å²) < 4.78 is 1.44. The van der Waals surface area contributed by atoms with Crippen LogP contribution in [-0.4, -0.2) is 14.9 Å². The number of para-hydroxylation sites is 1. The van der Waals surface area contributed by atoms with Gasteiger partial charge in [-0.25, -0.2) is 4.68 Å². The Balaban J connectivity index is 1.71. The minimum Gasteiger partial charge on any atom is -0.505 e. The number of anilines is 1. The Morgan fingerprint density at radius 3 is 2.45 bits per heavy atom. The second-order valence-electron chi connectivity index (χ2n) is 7.49. The number of nitrogens with one attached hydrogen (secondary N) is 1.